The summed E-state index contributed by atoms with van der Waals surface area (Å²) in [6.45, 7) is 7.14. The summed E-state index contributed by atoms with van der Waals surface area (Å²) in [5.41, 5.74) is 2.93. The van der Waals surface area contributed by atoms with Gasteiger partial charge in [-0.1, -0.05) is 24.3 Å². The van der Waals surface area contributed by atoms with Gasteiger partial charge in [0.1, 0.15) is 24.1 Å². The molecule has 3 aromatic rings. The molecule has 4 aliphatic carbocycles. The van der Waals surface area contributed by atoms with Crippen molar-refractivity contribution in [3.8, 4) is 11.5 Å². The van der Waals surface area contributed by atoms with Gasteiger partial charge in [0, 0.05) is 47.5 Å². The van der Waals surface area contributed by atoms with E-state index in [0.717, 1.165) is 84.2 Å². The van der Waals surface area contributed by atoms with Gasteiger partial charge in [0.05, 0.1) is 38.2 Å². The molecule has 0 amide bonds. The molecule has 2 aromatic carbocycles. The lowest BCUT2D eigenvalue weighted by Gasteiger charge is -2.59. The number of halogens is 1. The number of piperidine rings is 3. The van der Waals surface area contributed by atoms with E-state index in [9.17, 15) is 4.79 Å². The van der Waals surface area contributed by atoms with Gasteiger partial charge in [-0.15, -0.1) is 6.58 Å². The predicted molar refractivity (Wildman–Crippen MR) is 175 cm³/mol. The van der Waals surface area contributed by atoms with Crippen LogP contribution in [0.1, 0.15) is 68.6 Å². The lowest BCUT2D eigenvalue weighted by Crippen LogP contribution is -3.00. The van der Waals surface area contributed by atoms with Crippen LogP contribution in [0.15, 0.2) is 67.4 Å². The largest absolute Gasteiger partial charge is 1.00 e. The van der Waals surface area contributed by atoms with E-state index in [4.69, 9.17) is 19.2 Å². The highest BCUT2D eigenvalue weighted by Gasteiger charge is 2.59. The van der Waals surface area contributed by atoms with Gasteiger partial charge in [-0.25, -0.2) is 0 Å². The van der Waals surface area contributed by atoms with Crippen molar-refractivity contribution in [1.82, 2.24) is 4.98 Å². The molecule has 244 valence electrons. The van der Waals surface area contributed by atoms with E-state index in [2.05, 4.69) is 49.1 Å². The molecule has 1 aromatic heterocycles. The van der Waals surface area contributed by atoms with Crippen molar-refractivity contribution in [1.29, 1.82) is 0 Å². The summed E-state index contributed by atoms with van der Waals surface area (Å²) >= 11 is 0. The first-order chi connectivity index (χ1) is 21.9. The Morgan fingerprint density at radius 3 is 2.33 bits per heavy atom. The van der Waals surface area contributed by atoms with Crippen molar-refractivity contribution in [3.05, 3.63) is 78.5 Å². The average Bonchev–Trinajstić information content (AvgIpc) is 3.06. The number of hydrogen-bond acceptors (Lipinski definition) is 5. The minimum Gasteiger partial charge on any atom is -1.00 e. The maximum atomic E-state index is 14.7. The molecule has 3 saturated heterocycles. The molecule has 0 spiro atoms. The normalized spacial score (nSPS) is 34.5. The topological polar surface area (TPSA) is 57.7 Å². The Morgan fingerprint density at radius 1 is 1.00 bits per heavy atom. The number of rotatable bonds is 9. The number of carbonyl (C=O) groups excluding carboxylic acids is 1. The molecule has 7 heteroatoms. The highest BCUT2D eigenvalue weighted by Crippen LogP contribution is 2.61. The van der Waals surface area contributed by atoms with Crippen LogP contribution in [0, 0.1) is 35.0 Å². The van der Waals surface area contributed by atoms with Crippen molar-refractivity contribution in [2.75, 3.05) is 27.3 Å². The maximum Gasteiger partial charge on any atom is 0.312 e. The Labute approximate surface area is 283 Å². The summed E-state index contributed by atoms with van der Waals surface area (Å²) < 4.78 is 19.3. The number of benzene rings is 2. The zero-order valence-electron chi connectivity index (χ0n) is 27.2. The van der Waals surface area contributed by atoms with E-state index in [0.29, 0.717) is 29.6 Å². The fourth-order valence-corrected chi connectivity index (χ4v) is 11.0. The Bertz CT molecular complexity index is 1560. The van der Waals surface area contributed by atoms with Crippen molar-refractivity contribution in [3.63, 3.8) is 0 Å². The number of hydrogen-bond donors (Lipinski definition) is 0. The Balaban J connectivity index is 0.00000338. The van der Waals surface area contributed by atoms with Gasteiger partial charge in [0.15, 0.2) is 6.10 Å². The van der Waals surface area contributed by atoms with Crippen LogP contribution < -0.4 is 26.5 Å². The van der Waals surface area contributed by atoms with Crippen molar-refractivity contribution < 1.29 is 40.5 Å². The maximum absolute atomic E-state index is 14.7. The molecular formula is C39H47BrN2O4. The van der Waals surface area contributed by atoms with Gasteiger partial charge in [0.25, 0.3) is 0 Å². The van der Waals surface area contributed by atoms with Gasteiger partial charge in [-0.05, 0) is 86.5 Å². The highest BCUT2D eigenvalue weighted by molar-refractivity contribution is 5.83. The van der Waals surface area contributed by atoms with E-state index in [-0.39, 0.29) is 40.5 Å². The first kappa shape index (κ1) is 31.7. The van der Waals surface area contributed by atoms with E-state index in [1.54, 1.807) is 14.2 Å². The molecule has 7 fully saturated rings. The number of fused-ring (bicyclic) bond motifs is 4. The first-order valence-corrected chi connectivity index (χ1v) is 17.2. The van der Waals surface area contributed by atoms with Crippen LogP contribution in [0.25, 0.3) is 10.9 Å². The monoisotopic (exact) mass is 686 g/mol. The molecule has 7 aliphatic rings. The summed E-state index contributed by atoms with van der Waals surface area (Å²) in [5.74, 6) is 4.72. The fourth-order valence-electron chi connectivity index (χ4n) is 11.0. The second-order valence-electron chi connectivity index (χ2n) is 15.2. The number of esters is 1. The third kappa shape index (κ3) is 5.35. The molecule has 6 bridgehead atoms. The van der Waals surface area contributed by atoms with Gasteiger partial charge in [-0.3, -0.25) is 9.78 Å². The molecule has 0 radical (unpaired) electrons. The number of quaternary nitrogens is 1. The zero-order chi connectivity index (χ0) is 30.8. The lowest BCUT2D eigenvalue weighted by atomic mass is 9.49. The number of aromatic nitrogens is 1. The predicted octanol–water partition coefficient (Wildman–Crippen LogP) is 4.67. The SMILES string of the molecule is C=C[C@H]1C[N@+]2(Cc3cc(OC)cc(OC)c3)CC[C@H]1C[C@@H]2[C@@H](OC(=O)C12CC3CC(CC(C3)C1)C2)c1ccnc2ccccc12.[Br-]. The Kier molecular flexibility index (Phi) is 8.46. The van der Waals surface area contributed by atoms with E-state index in [1.807, 2.05) is 18.3 Å². The number of para-hydroxylation sites is 1. The van der Waals surface area contributed by atoms with Gasteiger partial charge >= 0.3 is 5.97 Å². The number of methoxy groups -OCH3 is 2. The molecule has 4 saturated carbocycles. The van der Waals surface area contributed by atoms with Gasteiger partial charge in [-0.2, -0.15) is 0 Å². The van der Waals surface area contributed by atoms with Crippen LogP contribution in [-0.4, -0.2) is 48.8 Å². The minimum absolute atomic E-state index is 0. The van der Waals surface area contributed by atoms with E-state index in [1.165, 1.54) is 24.8 Å². The van der Waals surface area contributed by atoms with E-state index < -0.39 is 0 Å². The van der Waals surface area contributed by atoms with Crippen molar-refractivity contribution >= 4 is 16.9 Å². The summed E-state index contributed by atoms with van der Waals surface area (Å²) in [6.07, 6.45) is 12.9. The van der Waals surface area contributed by atoms with E-state index >= 15 is 0 Å². The molecule has 0 unspecified atom stereocenters. The fraction of sp³-hybridized carbons (Fsp3) is 0.538. The quantitative estimate of drug-likeness (QED) is 0.186. The molecule has 4 heterocycles. The van der Waals surface area contributed by atoms with Crippen LogP contribution in [0.3, 0.4) is 0 Å². The van der Waals surface area contributed by atoms with Crippen LogP contribution >= 0.6 is 0 Å². The van der Waals surface area contributed by atoms with Gasteiger partial charge in [0.2, 0.25) is 0 Å². The number of carbonyl (C=O) groups is 1. The van der Waals surface area contributed by atoms with Crippen molar-refractivity contribution in [2.45, 2.75) is 70.1 Å². The number of nitrogens with zero attached hydrogens (tertiary/aromatic N) is 2. The Morgan fingerprint density at radius 2 is 1.67 bits per heavy atom. The summed E-state index contributed by atoms with van der Waals surface area (Å²) in [7, 11) is 3.42. The number of pyridine rings is 1. The standard InChI is InChI=1S/C39H47N2O4.BrH/c1-4-29-24-41(23-28-16-31(43-2)19-32(17-28)44-3)12-10-30(29)18-36(41)37(34-9-11-40-35-8-6-5-7-33(34)35)45-38(42)39-20-25-13-26(21-39)15-27(14-25)22-39;/h4-9,11,16-17,19,25-27,29-30,36-37H,1,10,12-15,18,20-24H2,2-3H3;1H/q+1;/p-1/t25?,26?,27?,29-,30-,36+,37-,39?,41+;/m0./s1. The van der Waals surface area contributed by atoms with Crippen molar-refractivity contribution in [2.24, 2.45) is 35.0 Å². The van der Waals surface area contributed by atoms with Crippen LogP contribution in [-0.2, 0) is 16.1 Å². The van der Waals surface area contributed by atoms with Crippen LogP contribution in [0.2, 0.25) is 0 Å². The molecule has 10 rings (SSSR count). The zero-order valence-corrected chi connectivity index (χ0v) is 28.8. The van der Waals surface area contributed by atoms with Crippen LogP contribution in [0.4, 0.5) is 0 Å². The molecule has 46 heavy (non-hydrogen) atoms. The Hall–Kier alpha value is -2.90. The minimum atomic E-state index is -0.348. The molecular weight excluding hydrogens is 640 g/mol. The second kappa shape index (κ2) is 12.3. The molecule has 6 nitrogen and oxygen atoms in total. The molecule has 3 aliphatic heterocycles. The number of ether oxygens (including phenoxy) is 3. The summed E-state index contributed by atoms with van der Waals surface area (Å²) in [5, 5.41) is 1.09. The average molecular weight is 688 g/mol. The smallest absolute Gasteiger partial charge is 0.312 e. The lowest BCUT2D eigenvalue weighted by molar-refractivity contribution is -0.984. The molecule has 0 N–H and O–H groups in total. The third-order valence-electron chi connectivity index (χ3n) is 12.6. The summed E-state index contributed by atoms with van der Waals surface area (Å²) in [6, 6.07) is 16.8. The van der Waals surface area contributed by atoms with Gasteiger partial charge < -0.3 is 35.7 Å². The first-order valence-electron chi connectivity index (χ1n) is 17.2. The second-order valence-corrected chi connectivity index (χ2v) is 15.2. The molecule has 5 atom stereocenters. The third-order valence-corrected chi connectivity index (χ3v) is 12.6. The summed E-state index contributed by atoms with van der Waals surface area (Å²) in [4.78, 5) is 19.4. The van der Waals surface area contributed by atoms with Crippen LogP contribution in [0.5, 0.6) is 11.5 Å². The highest BCUT2D eigenvalue weighted by atomic mass is 79.9.